The smallest absolute Gasteiger partial charge is 0.260 e. The van der Waals surface area contributed by atoms with Crippen molar-refractivity contribution in [1.29, 1.82) is 0 Å². The molecule has 1 saturated heterocycles. The van der Waals surface area contributed by atoms with Gasteiger partial charge in [0.25, 0.3) is 5.91 Å². The molecule has 0 spiro atoms. The molecule has 0 N–H and O–H groups in total. The molecule has 2 aliphatic heterocycles. The molecule has 1 fully saturated rings. The zero-order valence-corrected chi connectivity index (χ0v) is 17.6. The van der Waals surface area contributed by atoms with Gasteiger partial charge in [-0.1, -0.05) is 12.1 Å². The first-order chi connectivity index (χ1) is 13.4. The molecule has 4 rings (SSSR count). The van der Waals surface area contributed by atoms with E-state index in [1.165, 1.54) is 0 Å². The van der Waals surface area contributed by atoms with E-state index in [1.54, 1.807) is 11.1 Å². The monoisotopic (exact) mass is 446 g/mol. The summed E-state index contributed by atoms with van der Waals surface area (Å²) in [6.07, 6.45) is 3.22. The molecule has 2 aliphatic rings. The fourth-order valence-corrected chi connectivity index (χ4v) is 3.95. The first kappa shape index (κ1) is 19.1. The van der Waals surface area contributed by atoms with Crippen LogP contribution >= 0.6 is 15.9 Å². The molecule has 3 heterocycles. The number of amides is 1. The largest absolute Gasteiger partial charge is 0.483 e. The fraction of sp³-hybridized carbons (Fsp3) is 0.429. The molecule has 1 atom stereocenters. The van der Waals surface area contributed by atoms with Crippen LogP contribution < -0.4 is 14.2 Å². The highest BCUT2D eigenvalue weighted by Gasteiger charge is 2.33. The lowest BCUT2D eigenvalue weighted by molar-refractivity contribution is -0.132. The van der Waals surface area contributed by atoms with Gasteiger partial charge in [-0.15, -0.1) is 0 Å². The normalized spacial score (nSPS) is 19.8. The van der Waals surface area contributed by atoms with Crippen molar-refractivity contribution in [3.05, 3.63) is 46.6 Å². The van der Waals surface area contributed by atoms with Crippen molar-refractivity contribution in [2.24, 2.45) is 0 Å². The van der Waals surface area contributed by atoms with Gasteiger partial charge in [-0.05, 0) is 48.0 Å². The second-order valence-corrected chi connectivity index (χ2v) is 8.58. The number of para-hydroxylation sites is 1. The van der Waals surface area contributed by atoms with E-state index in [0.717, 1.165) is 28.6 Å². The molecule has 1 amide bonds. The molecule has 148 valence electrons. The van der Waals surface area contributed by atoms with Crippen molar-refractivity contribution in [3.63, 3.8) is 0 Å². The maximum Gasteiger partial charge on any atom is 0.260 e. The van der Waals surface area contributed by atoms with Crippen LogP contribution in [0.2, 0.25) is 0 Å². The summed E-state index contributed by atoms with van der Waals surface area (Å²) in [6, 6.07) is 9.55. The van der Waals surface area contributed by atoms with Crippen molar-refractivity contribution >= 4 is 21.8 Å². The van der Waals surface area contributed by atoms with Crippen LogP contribution in [0.1, 0.15) is 25.8 Å². The number of benzene rings is 1. The lowest BCUT2D eigenvalue weighted by Crippen LogP contribution is -2.34. The van der Waals surface area contributed by atoms with Crippen LogP contribution in [0.3, 0.4) is 0 Å². The van der Waals surface area contributed by atoms with Crippen LogP contribution in [0.15, 0.2) is 41.0 Å². The lowest BCUT2D eigenvalue weighted by atomic mass is 10.0. The number of halogens is 1. The first-order valence-corrected chi connectivity index (χ1v) is 10.2. The van der Waals surface area contributed by atoms with E-state index >= 15 is 0 Å². The number of carbonyl (C=O) groups is 1. The summed E-state index contributed by atoms with van der Waals surface area (Å²) in [6.45, 7) is 5.26. The number of hydrogen-bond donors (Lipinski definition) is 0. The van der Waals surface area contributed by atoms with E-state index in [4.69, 9.17) is 14.2 Å². The lowest BCUT2D eigenvalue weighted by Gasteiger charge is -2.19. The molecular formula is C21H23BrN2O4. The molecular weight excluding hydrogens is 424 g/mol. The molecule has 1 aromatic heterocycles. The predicted octanol–water partition coefficient (Wildman–Crippen LogP) is 3.62. The third-order valence-corrected chi connectivity index (χ3v) is 5.51. The van der Waals surface area contributed by atoms with Crippen LogP contribution in [0.4, 0.5) is 0 Å². The van der Waals surface area contributed by atoms with Crippen LogP contribution in [0, 0.1) is 0 Å². The first-order valence-electron chi connectivity index (χ1n) is 9.40. The van der Waals surface area contributed by atoms with Gasteiger partial charge in [-0.3, -0.25) is 4.79 Å². The fourth-order valence-electron chi connectivity index (χ4n) is 3.60. The average molecular weight is 447 g/mol. The quantitative estimate of drug-likeness (QED) is 0.701. The van der Waals surface area contributed by atoms with Gasteiger partial charge in [0, 0.05) is 31.1 Å². The number of pyridine rings is 1. The summed E-state index contributed by atoms with van der Waals surface area (Å²) < 4.78 is 18.5. The Morgan fingerprint density at radius 3 is 3.04 bits per heavy atom. The Morgan fingerprint density at radius 2 is 2.21 bits per heavy atom. The summed E-state index contributed by atoms with van der Waals surface area (Å²) in [7, 11) is 0. The van der Waals surface area contributed by atoms with E-state index in [9.17, 15) is 4.79 Å². The highest BCUT2D eigenvalue weighted by Crippen LogP contribution is 2.41. The number of nitrogens with zero attached hydrogens (tertiary/aromatic N) is 2. The van der Waals surface area contributed by atoms with Gasteiger partial charge in [0.15, 0.2) is 18.1 Å². The van der Waals surface area contributed by atoms with Gasteiger partial charge < -0.3 is 19.1 Å². The Labute approximate surface area is 172 Å². The third kappa shape index (κ3) is 4.09. The van der Waals surface area contributed by atoms with Gasteiger partial charge in [0.2, 0.25) is 5.88 Å². The Hall–Kier alpha value is -2.28. The third-order valence-electron chi connectivity index (χ3n) is 4.91. The van der Waals surface area contributed by atoms with Gasteiger partial charge in [-0.2, -0.15) is 0 Å². The van der Waals surface area contributed by atoms with Crippen molar-refractivity contribution in [1.82, 2.24) is 9.88 Å². The number of rotatable bonds is 5. The van der Waals surface area contributed by atoms with Crippen molar-refractivity contribution < 1.29 is 19.0 Å². The number of hydrogen-bond acceptors (Lipinski definition) is 5. The zero-order valence-electron chi connectivity index (χ0n) is 16.0. The molecule has 28 heavy (non-hydrogen) atoms. The molecule has 0 aliphatic carbocycles. The summed E-state index contributed by atoms with van der Waals surface area (Å²) in [5.74, 6) is 1.88. The van der Waals surface area contributed by atoms with Gasteiger partial charge in [-0.25, -0.2) is 4.98 Å². The number of likely N-dealkylation sites (tertiary alicyclic amines) is 1. The molecule has 0 radical (unpaired) electrons. The summed E-state index contributed by atoms with van der Waals surface area (Å²) in [4.78, 5) is 18.6. The minimum atomic E-state index is -0.245. The second-order valence-electron chi connectivity index (χ2n) is 7.73. The minimum absolute atomic E-state index is 0.0136. The van der Waals surface area contributed by atoms with E-state index in [2.05, 4.69) is 20.9 Å². The Balaban J connectivity index is 1.32. The van der Waals surface area contributed by atoms with E-state index in [-0.39, 0.29) is 24.2 Å². The minimum Gasteiger partial charge on any atom is -0.483 e. The maximum atomic E-state index is 12.6. The van der Waals surface area contributed by atoms with E-state index in [1.807, 2.05) is 44.2 Å². The van der Waals surface area contributed by atoms with Crippen LogP contribution in [0.5, 0.6) is 17.4 Å². The van der Waals surface area contributed by atoms with Crippen molar-refractivity contribution in [2.45, 2.75) is 38.4 Å². The zero-order chi connectivity index (χ0) is 19.7. The van der Waals surface area contributed by atoms with Crippen LogP contribution in [-0.2, 0) is 11.2 Å². The number of carbonyl (C=O) groups excluding carboxylic acids is 1. The Bertz CT molecular complexity index is 886. The van der Waals surface area contributed by atoms with Crippen molar-refractivity contribution in [2.75, 3.05) is 19.7 Å². The number of aromatic nitrogens is 1. The average Bonchev–Trinajstić information content (AvgIpc) is 3.24. The van der Waals surface area contributed by atoms with Gasteiger partial charge >= 0.3 is 0 Å². The molecule has 7 heteroatoms. The molecule has 1 aromatic carbocycles. The molecule has 6 nitrogen and oxygen atoms in total. The van der Waals surface area contributed by atoms with Crippen LogP contribution in [0.25, 0.3) is 0 Å². The number of ether oxygens (including phenoxy) is 3. The Morgan fingerprint density at radius 1 is 1.36 bits per heavy atom. The second kappa shape index (κ2) is 7.62. The maximum absolute atomic E-state index is 12.6. The summed E-state index contributed by atoms with van der Waals surface area (Å²) in [5, 5.41) is 0. The predicted molar refractivity (Wildman–Crippen MR) is 108 cm³/mol. The highest BCUT2D eigenvalue weighted by molar-refractivity contribution is 9.10. The van der Waals surface area contributed by atoms with E-state index in [0.29, 0.717) is 24.7 Å². The van der Waals surface area contributed by atoms with Gasteiger partial charge in [0.05, 0.1) is 11.0 Å². The van der Waals surface area contributed by atoms with E-state index < -0.39 is 0 Å². The SMILES string of the molecule is CC1(C)Cc2cccc(OCC(=O)N3CCC(Oc4ncccc4Br)C3)c2O1. The topological polar surface area (TPSA) is 60.9 Å². The molecule has 2 aromatic rings. The van der Waals surface area contributed by atoms with Crippen molar-refractivity contribution in [3.8, 4) is 17.4 Å². The molecule has 0 saturated carbocycles. The standard InChI is InChI=1S/C21H23BrN2O4/c1-21(2)11-14-5-3-7-17(19(14)28-21)26-13-18(25)24-10-8-15(12-24)27-20-16(22)6-4-9-23-20/h3-7,9,15H,8,10-13H2,1-2H3. The molecule has 1 unspecified atom stereocenters. The highest BCUT2D eigenvalue weighted by atomic mass is 79.9. The summed E-state index contributed by atoms with van der Waals surface area (Å²) in [5.41, 5.74) is 0.871. The number of fused-ring (bicyclic) bond motifs is 1. The summed E-state index contributed by atoms with van der Waals surface area (Å²) >= 11 is 3.43. The molecule has 0 bridgehead atoms. The Kier molecular flexibility index (Phi) is 5.19. The van der Waals surface area contributed by atoms with Gasteiger partial charge in [0.1, 0.15) is 11.7 Å². The van der Waals surface area contributed by atoms with Crippen LogP contribution in [-0.4, -0.2) is 47.2 Å².